The molecule has 3 amide bonds. The van der Waals surface area contributed by atoms with Gasteiger partial charge in [-0.15, -0.1) is 0 Å². The molecule has 0 fully saturated rings. The molecular formula is C18H19BrN4O3. The van der Waals surface area contributed by atoms with Gasteiger partial charge in [0.25, 0.3) is 11.8 Å². The van der Waals surface area contributed by atoms with E-state index >= 15 is 0 Å². The Morgan fingerprint density at radius 1 is 1.08 bits per heavy atom. The number of hydrogen-bond acceptors (Lipinski definition) is 4. The van der Waals surface area contributed by atoms with Crippen molar-refractivity contribution in [1.82, 2.24) is 15.2 Å². The largest absolute Gasteiger partial charge is 0.343 e. The number of amides is 3. The lowest BCUT2D eigenvalue weighted by atomic mass is 10.1. The highest BCUT2D eigenvalue weighted by atomic mass is 79.9. The average molecular weight is 419 g/mol. The Hall–Kier alpha value is -2.74. The molecule has 0 saturated carbocycles. The molecule has 7 nitrogen and oxygen atoms in total. The Balaban J connectivity index is 1.96. The molecular weight excluding hydrogens is 400 g/mol. The molecule has 0 spiro atoms. The molecule has 0 bridgehead atoms. The van der Waals surface area contributed by atoms with Crippen LogP contribution in [0.1, 0.15) is 26.5 Å². The van der Waals surface area contributed by atoms with Crippen LogP contribution < -0.4 is 10.6 Å². The van der Waals surface area contributed by atoms with Gasteiger partial charge < -0.3 is 15.5 Å². The van der Waals surface area contributed by atoms with Gasteiger partial charge in [0.15, 0.2) is 0 Å². The molecule has 2 rings (SSSR count). The number of carbonyl (C=O) groups excluding carboxylic acids is 3. The maximum absolute atomic E-state index is 12.2. The van der Waals surface area contributed by atoms with Crippen molar-refractivity contribution in [3.05, 3.63) is 57.8 Å². The summed E-state index contributed by atoms with van der Waals surface area (Å²) < 4.78 is 0.906. The maximum atomic E-state index is 12.2. The highest BCUT2D eigenvalue weighted by Gasteiger charge is 2.15. The number of aryl methyl sites for hydroxylation is 1. The van der Waals surface area contributed by atoms with Crippen molar-refractivity contribution in [3.8, 4) is 0 Å². The summed E-state index contributed by atoms with van der Waals surface area (Å²) in [6.45, 7) is 1.47. The van der Waals surface area contributed by atoms with Gasteiger partial charge in [0, 0.05) is 24.3 Å². The Morgan fingerprint density at radius 3 is 2.31 bits per heavy atom. The summed E-state index contributed by atoms with van der Waals surface area (Å²) >= 11 is 3.32. The van der Waals surface area contributed by atoms with Crippen LogP contribution in [-0.2, 0) is 4.79 Å². The lowest BCUT2D eigenvalue weighted by Gasteiger charge is -2.12. The maximum Gasteiger partial charge on any atom is 0.271 e. The number of benzene rings is 1. The summed E-state index contributed by atoms with van der Waals surface area (Å²) in [6, 6.07) is 10.1. The average Bonchev–Trinajstić information content (AvgIpc) is 2.60. The molecule has 0 unspecified atom stereocenters. The van der Waals surface area contributed by atoms with Gasteiger partial charge in [-0.1, -0.05) is 15.9 Å². The van der Waals surface area contributed by atoms with Crippen LogP contribution in [0.2, 0.25) is 0 Å². The minimum atomic E-state index is -0.426. The van der Waals surface area contributed by atoms with E-state index in [1.54, 1.807) is 45.3 Å². The second-order valence-electron chi connectivity index (χ2n) is 5.77. The number of rotatable bonds is 5. The van der Waals surface area contributed by atoms with Crippen molar-refractivity contribution >= 4 is 39.3 Å². The number of nitrogens with one attached hydrogen (secondary N) is 2. The van der Waals surface area contributed by atoms with E-state index in [-0.39, 0.29) is 24.1 Å². The van der Waals surface area contributed by atoms with Gasteiger partial charge in [0.1, 0.15) is 5.69 Å². The first-order valence-corrected chi connectivity index (χ1v) is 8.60. The Bertz CT molecular complexity index is 835. The highest BCUT2D eigenvalue weighted by Crippen LogP contribution is 2.14. The Labute approximate surface area is 159 Å². The zero-order valence-corrected chi connectivity index (χ0v) is 16.3. The summed E-state index contributed by atoms with van der Waals surface area (Å²) in [4.78, 5) is 41.6. The number of nitrogens with zero attached hydrogens (tertiary/aromatic N) is 2. The minimum absolute atomic E-state index is 0.174. The summed E-state index contributed by atoms with van der Waals surface area (Å²) in [5.74, 6) is -1.01. The minimum Gasteiger partial charge on any atom is -0.343 e. The number of anilines is 1. The van der Waals surface area contributed by atoms with Crippen LogP contribution in [0.3, 0.4) is 0 Å². The van der Waals surface area contributed by atoms with Crippen molar-refractivity contribution in [2.75, 3.05) is 26.0 Å². The van der Waals surface area contributed by atoms with Gasteiger partial charge in [0.05, 0.1) is 17.8 Å². The van der Waals surface area contributed by atoms with Crippen molar-refractivity contribution in [2.45, 2.75) is 6.92 Å². The molecule has 0 aliphatic rings. The first-order valence-electron chi connectivity index (χ1n) is 7.81. The third-order valence-corrected chi connectivity index (χ3v) is 4.02. The molecule has 0 atom stereocenters. The molecule has 0 aliphatic carbocycles. The van der Waals surface area contributed by atoms with Crippen LogP contribution in [0.15, 0.2) is 40.9 Å². The molecule has 2 aromatic rings. The first-order chi connectivity index (χ1) is 12.3. The molecule has 0 radical (unpaired) electrons. The smallest absolute Gasteiger partial charge is 0.271 e. The van der Waals surface area contributed by atoms with E-state index in [1.807, 2.05) is 0 Å². The molecule has 0 saturated heterocycles. The summed E-state index contributed by atoms with van der Waals surface area (Å²) in [7, 11) is 3.26. The predicted octanol–water partition coefficient (Wildman–Crippen LogP) is 2.22. The zero-order chi connectivity index (χ0) is 19.3. The number of halogens is 1. The van der Waals surface area contributed by atoms with Gasteiger partial charge in [-0.05, 0) is 43.3 Å². The molecule has 26 heavy (non-hydrogen) atoms. The number of pyridine rings is 1. The molecule has 8 heteroatoms. The van der Waals surface area contributed by atoms with E-state index < -0.39 is 5.91 Å². The molecule has 1 aromatic heterocycles. The fourth-order valence-electron chi connectivity index (χ4n) is 2.14. The van der Waals surface area contributed by atoms with Crippen LogP contribution in [-0.4, -0.2) is 48.2 Å². The SMILES string of the molecule is Cc1nc(C(=O)N(C)C)ccc1C(=O)NCC(=O)Nc1ccc(Br)cc1. The number of hydrogen-bond donors (Lipinski definition) is 2. The second kappa shape index (κ2) is 8.57. The van der Waals surface area contributed by atoms with E-state index in [0.29, 0.717) is 16.9 Å². The van der Waals surface area contributed by atoms with Crippen LogP contribution in [0.5, 0.6) is 0 Å². The van der Waals surface area contributed by atoms with Gasteiger partial charge in [-0.3, -0.25) is 14.4 Å². The standard InChI is InChI=1S/C18H19BrN4O3/c1-11-14(8-9-15(21-11)18(26)23(2)3)17(25)20-10-16(24)22-13-6-4-12(19)5-7-13/h4-9H,10H2,1-3H3,(H,20,25)(H,22,24). The van der Waals surface area contributed by atoms with Crippen molar-refractivity contribution in [2.24, 2.45) is 0 Å². The van der Waals surface area contributed by atoms with E-state index in [1.165, 1.54) is 17.0 Å². The van der Waals surface area contributed by atoms with Crippen molar-refractivity contribution < 1.29 is 14.4 Å². The molecule has 136 valence electrons. The van der Waals surface area contributed by atoms with E-state index in [0.717, 1.165) is 4.47 Å². The van der Waals surface area contributed by atoms with Crippen LogP contribution in [0.4, 0.5) is 5.69 Å². The Kier molecular flexibility index (Phi) is 6.46. The summed E-state index contributed by atoms with van der Waals surface area (Å²) in [5, 5.41) is 5.23. The third-order valence-electron chi connectivity index (χ3n) is 3.49. The van der Waals surface area contributed by atoms with Crippen LogP contribution >= 0.6 is 15.9 Å². The first kappa shape index (κ1) is 19.6. The molecule has 1 aromatic carbocycles. The molecule has 1 heterocycles. The monoisotopic (exact) mass is 418 g/mol. The van der Waals surface area contributed by atoms with Gasteiger partial charge in [0.2, 0.25) is 5.91 Å². The third kappa shape index (κ3) is 5.13. The van der Waals surface area contributed by atoms with Crippen molar-refractivity contribution in [1.29, 1.82) is 0 Å². The van der Waals surface area contributed by atoms with Crippen LogP contribution in [0.25, 0.3) is 0 Å². The van der Waals surface area contributed by atoms with Gasteiger partial charge >= 0.3 is 0 Å². The number of carbonyl (C=O) groups is 3. The zero-order valence-electron chi connectivity index (χ0n) is 14.7. The summed E-state index contributed by atoms with van der Waals surface area (Å²) in [6.07, 6.45) is 0. The number of aromatic nitrogens is 1. The normalized spacial score (nSPS) is 10.2. The fourth-order valence-corrected chi connectivity index (χ4v) is 2.41. The molecule has 2 N–H and O–H groups in total. The Morgan fingerprint density at radius 2 is 1.73 bits per heavy atom. The lowest BCUT2D eigenvalue weighted by molar-refractivity contribution is -0.115. The van der Waals surface area contributed by atoms with Gasteiger partial charge in [-0.25, -0.2) is 4.98 Å². The van der Waals surface area contributed by atoms with Gasteiger partial charge in [-0.2, -0.15) is 0 Å². The summed E-state index contributed by atoms with van der Waals surface area (Å²) in [5.41, 5.74) is 1.63. The van der Waals surface area contributed by atoms with Crippen molar-refractivity contribution in [3.63, 3.8) is 0 Å². The highest BCUT2D eigenvalue weighted by molar-refractivity contribution is 9.10. The van der Waals surface area contributed by atoms with E-state index in [4.69, 9.17) is 0 Å². The van der Waals surface area contributed by atoms with E-state index in [2.05, 4.69) is 31.5 Å². The topological polar surface area (TPSA) is 91.4 Å². The quantitative estimate of drug-likeness (QED) is 0.778. The second-order valence-corrected chi connectivity index (χ2v) is 6.68. The predicted molar refractivity (Wildman–Crippen MR) is 102 cm³/mol. The van der Waals surface area contributed by atoms with Crippen LogP contribution in [0, 0.1) is 6.92 Å². The lowest BCUT2D eigenvalue weighted by Crippen LogP contribution is -2.33. The fraction of sp³-hybridized carbons (Fsp3) is 0.222. The van der Waals surface area contributed by atoms with E-state index in [9.17, 15) is 14.4 Å². The molecule has 0 aliphatic heterocycles.